The van der Waals surface area contributed by atoms with Gasteiger partial charge in [0.25, 0.3) is 0 Å². The normalized spacial score (nSPS) is 21.5. The Hall–Kier alpha value is -2.56. The van der Waals surface area contributed by atoms with Crippen LogP contribution in [0.2, 0.25) is 0 Å². The van der Waals surface area contributed by atoms with E-state index < -0.39 is 0 Å². The van der Waals surface area contributed by atoms with Gasteiger partial charge < -0.3 is 14.7 Å². The third-order valence-corrected chi connectivity index (χ3v) is 11.2. The van der Waals surface area contributed by atoms with E-state index in [1.54, 1.807) is 0 Å². The van der Waals surface area contributed by atoms with Crippen molar-refractivity contribution in [1.29, 1.82) is 0 Å². The van der Waals surface area contributed by atoms with Crippen molar-refractivity contribution >= 4 is 28.3 Å². The van der Waals surface area contributed by atoms with Gasteiger partial charge in [0, 0.05) is 29.9 Å². The highest BCUT2D eigenvalue weighted by molar-refractivity contribution is 5.90. The average Bonchev–Trinajstić information content (AvgIpc) is 3.06. The Balaban J connectivity index is 1.29. The third-order valence-electron chi connectivity index (χ3n) is 11.2. The maximum Gasteiger partial charge on any atom is 0.242 e. The van der Waals surface area contributed by atoms with Gasteiger partial charge in [-0.3, -0.25) is 9.59 Å². The van der Waals surface area contributed by atoms with E-state index in [4.69, 9.17) is 0 Å². The molecule has 234 valence electrons. The molecule has 0 unspecified atom stereocenters. The van der Waals surface area contributed by atoms with Gasteiger partial charge in [-0.25, -0.2) is 0 Å². The SMILES string of the molecule is O=C(CN(CC(=O)N(C1CCCCC1)C1CCCCC1)c1ccc2ccccc2c1)N(C1CCCCC1)C1CCCCC1. The molecule has 0 aliphatic heterocycles. The predicted octanol–water partition coefficient (Wildman–Crippen LogP) is 8.63. The van der Waals surface area contributed by atoms with E-state index in [9.17, 15) is 9.59 Å². The Morgan fingerprint density at radius 2 is 0.860 bits per heavy atom. The molecule has 0 N–H and O–H groups in total. The van der Waals surface area contributed by atoms with Crippen molar-refractivity contribution in [2.75, 3.05) is 18.0 Å². The van der Waals surface area contributed by atoms with Crippen LogP contribution in [-0.4, -0.2) is 58.9 Å². The van der Waals surface area contributed by atoms with Gasteiger partial charge in [0.05, 0.1) is 13.1 Å². The molecule has 2 amide bonds. The Morgan fingerprint density at radius 3 is 1.26 bits per heavy atom. The van der Waals surface area contributed by atoms with Crippen molar-refractivity contribution in [3.8, 4) is 0 Å². The van der Waals surface area contributed by atoms with Crippen LogP contribution in [0.3, 0.4) is 0 Å². The largest absolute Gasteiger partial charge is 0.353 e. The van der Waals surface area contributed by atoms with Gasteiger partial charge in [0.15, 0.2) is 0 Å². The van der Waals surface area contributed by atoms with Crippen LogP contribution in [0.5, 0.6) is 0 Å². The minimum absolute atomic E-state index is 0.238. The molecule has 4 saturated carbocycles. The predicted molar refractivity (Wildman–Crippen MR) is 177 cm³/mol. The van der Waals surface area contributed by atoms with Crippen molar-refractivity contribution in [3.05, 3.63) is 42.5 Å². The molecule has 0 aromatic heterocycles. The first kappa shape index (κ1) is 30.5. The summed E-state index contributed by atoms with van der Waals surface area (Å²) in [6, 6.07) is 16.4. The Bertz CT molecular complexity index is 1100. The minimum Gasteiger partial charge on any atom is -0.353 e. The molecule has 4 aliphatic rings. The second-order valence-corrected chi connectivity index (χ2v) is 14.2. The molecule has 0 spiro atoms. The average molecular weight is 586 g/mol. The quantitative estimate of drug-likeness (QED) is 0.296. The fourth-order valence-electron chi connectivity index (χ4n) is 8.95. The van der Waals surface area contributed by atoms with Crippen LogP contribution < -0.4 is 4.90 Å². The highest BCUT2D eigenvalue weighted by Gasteiger charge is 2.36. The first-order chi connectivity index (χ1) is 21.2. The smallest absolute Gasteiger partial charge is 0.242 e. The fourth-order valence-corrected chi connectivity index (χ4v) is 8.95. The molecule has 4 aliphatic carbocycles. The van der Waals surface area contributed by atoms with Gasteiger partial charge in [-0.15, -0.1) is 0 Å². The van der Waals surface area contributed by atoms with E-state index in [2.05, 4.69) is 57.2 Å². The highest BCUT2D eigenvalue weighted by atomic mass is 16.2. The zero-order chi connectivity index (χ0) is 29.4. The lowest BCUT2D eigenvalue weighted by molar-refractivity contribution is -0.137. The van der Waals surface area contributed by atoms with Gasteiger partial charge in [0.2, 0.25) is 11.8 Å². The van der Waals surface area contributed by atoms with E-state index in [0.29, 0.717) is 37.3 Å². The summed E-state index contributed by atoms with van der Waals surface area (Å²) in [5, 5.41) is 2.36. The fraction of sp³-hybridized carbons (Fsp3) is 0.684. The number of anilines is 1. The molecule has 0 heterocycles. The van der Waals surface area contributed by atoms with E-state index in [-0.39, 0.29) is 11.8 Å². The van der Waals surface area contributed by atoms with Crippen molar-refractivity contribution in [2.24, 2.45) is 0 Å². The van der Waals surface area contributed by atoms with Crippen molar-refractivity contribution in [3.63, 3.8) is 0 Å². The van der Waals surface area contributed by atoms with Crippen LogP contribution in [-0.2, 0) is 9.59 Å². The van der Waals surface area contributed by atoms with E-state index in [1.165, 1.54) is 82.4 Å². The lowest BCUT2D eigenvalue weighted by Gasteiger charge is -2.44. The molecule has 0 bridgehead atoms. The molecule has 0 atom stereocenters. The number of hydrogen-bond donors (Lipinski definition) is 0. The van der Waals surface area contributed by atoms with Crippen molar-refractivity contribution in [2.45, 2.75) is 153 Å². The number of amides is 2. The molecular formula is C38H55N3O2. The Morgan fingerprint density at radius 1 is 0.488 bits per heavy atom. The van der Waals surface area contributed by atoms with Gasteiger partial charge in [-0.2, -0.15) is 0 Å². The number of carbonyl (C=O) groups excluding carboxylic acids is 2. The first-order valence-corrected chi connectivity index (χ1v) is 18.0. The Kier molecular flexibility index (Phi) is 10.6. The summed E-state index contributed by atoms with van der Waals surface area (Å²) in [4.78, 5) is 35.8. The summed E-state index contributed by atoms with van der Waals surface area (Å²) in [7, 11) is 0. The van der Waals surface area contributed by atoms with Crippen LogP contribution in [0.1, 0.15) is 128 Å². The highest BCUT2D eigenvalue weighted by Crippen LogP contribution is 2.33. The zero-order valence-corrected chi connectivity index (χ0v) is 26.6. The third kappa shape index (κ3) is 7.57. The summed E-state index contributed by atoms with van der Waals surface area (Å²) >= 11 is 0. The van der Waals surface area contributed by atoms with Crippen molar-refractivity contribution < 1.29 is 9.59 Å². The lowest BCUT2D eigenvalue weighted by atomic mass is 9.88. The van der Waals surface area contributed by atoms with Gasteiger partial charge in [0.1, 0.15) is 0 Å². The number of carbonyl (C=O) groups is 2. The molecule has 2 aromatic rings. The molecule has 5 nitrogen and oxygen atoms in total. The van der Waals surface area contributed by atoms with E-state index in [1.807, 2.05) is 0 Å². The topological polar surface area (TPSA) is 43.9 Å². The van der Waals surface area contributed by atoms with Gasteiger partial charge in [-0.05, 0) is 74.3 Å². The maximum atomic E-state index is 14.5. The monoisotopic (exact) mass is 585 g/mol. The van der Waals surface area contributed by atoms with Crippen molar-refractivity contribution in [1.82, 2.24) is 9.80 Å². The molecule has 4 fully saturated rings. The molecule has 2 aromatic carbocycles. The molecule has 0 radical (unpaired) electrons. The maximum absolute atomic E-state index is 14.5. The lowest BCUT2D eigenvalue weighted by Crippen LogP contribution is -2.55. The summed E-state index contributed by atoms with van der Waals surface area (Å²) in [5.74, 6) is 0.475. The standard InChI is InChI=1S/C38H55N3O2/c42-37(40(32-17-5-1-6-18-32)33-19-7-2-8-20-33)28-39(36-26-25-30-15-13-14-16-31(30)27-36)29-38(43)41(34-21-9-3-10-22-34)35-23-11-4-12-24-35/h13-16,25-27,32-35H,1-12,17-24,28-29H2. The molecular weight excluding hydrogens is 530 g/mol. The number of hydrogen-bond acceptors (Lipinski definition) is 3. The molecule has 0 saturated heterocycles. The zero-order valence-electron chi connectivity index (χ0n) is 26.6. The van der Waals surface area contributed by atoms with Gasteiger partial charge in [-0.1, -0.05) is 107 Å². The molecule has 43 heavy (non-hydrogen) atoms. The number of nitrogens with zero attached hydrogens (tertiary/aromatic N) is 3. The number of benzene rings is 2. The van der Waals surface area contributed by atoms with E-state index in [0.717, 1.165) is 62.4 Å². The summed E-state index contributed by atoms with van der Waals surface area (Å²) in [6.45, 7) is 0.584. The Labute approximate surface area is 260 Å². The second kappa shape index (κ2) is 14.9. The number of rotatable bonds is 9. The second-order valence-electron chi connectivity index (χ2n) is 14.2. The first-order valence-electron chi connectivity index (χ1n) is 18.0. The summed E-state index contributed by atoms with van der Waals surface area (Å²) in [6.07, 6.45) is 24.1. The van der Waals surface area contributed by atoms with E-state index >= 15 is 0 Å². The van der Waals surface area contributed by atoms with Crippen LogP contribution in [0.4, 0.5) is 5.69 Å². The van der Waals surface area contributed by atoms with Gasteiger partial charge >= 0.3 is 0 Å². The van der Waals surface area contributed by atoms with Crippen LogP contribution in [0.15, 0.2) is 42.5 Å². The molecule has 6 rings (SSSR count). The summed E-state index contributed by atoms with van der Waals surface area (Å²) in [5.41, 5.74) is 1.000. The van der Waals surface area contributed by atoms with Crippen LogP contribution >= 0.6 is 0 Å². The van der Waals surface area contributed by atoms with Crippen LogP contribution in [0, 0.1) is 0 Å². The summed E-state index contributed by atoms with van der Waals surface area (Å²) < 4.78 is 0. The minimum atomic E-state index is 0.238. The molecule has 5 heteroatoms. The van der Waals surface area contributed by atoms with Crippen LogP contribution in [0.25, 0.3) is 10.8 Å². The number of fused-ring (bicyclic) bond motifs is 1.